The number of nitrogens with one attached hydrogen (secondary N) is 2. The van der Waals surface area contributed by atoms with Gasteiger partial charge in [-0.2, -0.15) is 0 Å². The molecular formula is C8H12N2O. The van der Waals surface area contributed by atoms with Gasteiger partial charge in [0, 0.05) is 30.8 Å². The van der Waals surface area contributed by atoms with Crippen molar-refractivity contribution >= 4 is 5.91 Å². The first-order valence-corrected chi connectivity index (χ1v) is 4.12. The fourth-order valence-corrected chi connectivity index (χ4v) is 1.66. The normalized spacial score (nSPS) is 23.8. The van der Waals surface area contributed by atoms with Crippen LogP contribution in [0, 0.1) is 0 Å². The highest BCUT2D eigenvalue weighted by Gasteiger charge is 2.21. The van der Waals surface area contributed by atoms with Gasteiger partial charge < -0.3 is 10.6 Å². The lowest BCUT2D eigenvalue weighted by atomic mass is 9.99. The molecule has 2 aliphatic rings. The number of carbonyl (C=O) groups excluding carboxylic acids is 1. The van der Waals surface area contributed by atoms with Gasteiger partial charge in [-0.25, -0.2) is 0 Å². The van der Waals surface area contributed by atoms with Crippen LogP contribution in [0.15, 0.2) is 11.3 Å². The Balaban J connectivity index is 2.27. The monoisotopic (exact) mass is 152 g/mol. The second kappa shape index (κ2) is 2.57. The van der Waals surface area contributed by atoms with E-state index in [2.05, 4.69) is 10.6 Å². The van der Waals surface area contributed by atoms with Gasteiger partial charge >= 0.3 is 0 Å². The summed E-state index contributed by atoms with van der Waals surface area (Å²) < 4.78 is 0. The molecule has 3 nitrogen and oxygen atoms in total. The van der Waals surface area contributed by atoms with Crippen LogP contribution in [0.3, 0.4) is 0 Å². The Kier molecular flexibility index (Phi) is 1.56. The maximum Gasteiger partial charge on any atom is 0.248 e. The average molecular weight is 152 g/mol. The Hall–Kier alpha value is -0.990. The smallest absolute Gasteiger partial charge is 0.248 e. The van der Waals surface area contributed by atoms with Crippen molar-refractivity contribution in [3.05, 3.63) is 11.3 Å². The second-order valence-corrected chi connectivity index (χ2v) is 2.99. The highest BCUT2D eigenvalue weighted by atomic mass is 16.1. The van der Waals surface area contributed by atoms with Gasteiger partial charge in [0.05, 0.1) is 0 Å². The molecule has 2 N–H and O–H groups in total. The number of carbonyl (C=O) groups is 1. The quantitative estimate of drug-likeness (QED) is 0.518. The summed E-state index contributed by atoms with van der Waals surface area (Å²) in [5.41, 5.74) is 2.17. The molecule has 0 spiro atoms. The minimum atomic E-state index is 0.137. The second-order valence-electron chi connectivity index (χ2n) is 2.99. The van der Waals surface area contributed by atoms with Crippen molar-refractivity contribution in [1.82, 2.24) is 10.6 Å². The van der Waals surface area contributed by atoms with Crippen LogP contribution in [0.25, 0.3) is 0 Å². The van der Waals surface area contributed by atoms with Crippen LogP contribution in [0.5, 0.6) is 0 Å². The largest absolute Gasteiger partial charge is 0.388 e. The molecule has 3 heteroatoms. The Morgan fingerprint density at radius 1 is 1.09 bits per heavy atom. The predicted octanol–water partition coefficient (Wildman–Crippen LogP) is 0.144. The van der Waals surface area contributed by atoms with Gasteiger partial charge in [0.2, 0.25) is 5.91 Å². The van der Waals surface area contributed by atoms with Crippen molar-refractivity contribution in [3.63, 3.8) is 0 Å². The molecule has 0 bridgehead atoms. The topological polar surface area (TPSA) is 41.1 Å². The summed E-state index contributed by atoms with van der Waals surface area (Å²) in [5.74, 6) is 0.137. The van der Waals surface area contributed by atoms with Gasteiger partial charge in [0.25, 0.3) is 0 Å². The average Bonchev–Trinajstić information content (AvgIpc) is 2.06. The lowest BCUT2D eigenvalue weighted by molar-refractivity contribution is -0.118. The van der Waals surface area contributed by atoms with E-state index in [1.165, 1.54) is 5.70 Å². The van der Waals surface area contributed by atoms with Gasteiger partial charge in [0.1, 0.15) is 0 Å². The van der Waals surface area contributed by atoms with Crippen LogP contribution < -0.4 is 10.6 Å². The third-order valence-corrected chi connectivity index (χ3v) is 2.24. The van der Waals surface area contributed by atoms with Crippen LogP contribution in [0.4, 0.5) is 0 Å². The molecule has 2 aliphatic heterocycles. The number of rotatable bonds is 0. The molecule has 0 saturated heterocycles. The molecule has 2 rings (SSSR count). The summed E-state index contributed by atoms with van der Waals surface area (Å²) in [6.07, 6.45) is 3.03. The summed E-state index contributed by atoms with van der Waals surface area (Å²) in [6, 6.07) is 0. The molecule has 0 aromatic carbocycles. The maximum atomic E-state index is 11.2. The zero-order valence-corrected chi connectivity index (χ0v) is 6.44. The fourth-order valence-electron chi connectivity index (χ4n) is 1.66. The van der Waals surface area contributed by atoms with Crippen molar-refractivity contribution < 1.29 is 4.79 Å². The van der Waals surface area contributed by atoms with E-state index in [1.54, 1.807) is 0 Å². The molecule has 0 unspecified atom stereocenters. The molecule has 0 fully saturated rings. The molecule has 11 heavy (non-hydrogen) atoms. The third-order valence-electron chi connectivity index (χ3n) is 2.24. The van der Waals surface area contributed by atoms with Crippen LogP contribution >= 0.6 is 0 Å². The standard InChI is InChI=1S/C8H12N2O/c11-8-6-2-1-4-9-7(6)3-5-10-8/h9H,1-5H2,(H,10,11). The first-order valence-electron chi connectivity index (χ1n) is 4.12. The molecule has 0 saturated carbocycles. The Labute approximate surface area is 65.9 Å². The van der Waals surface area contributed by atoms with E-state index in [9.17, 15) is 4.79 Å². The van der Waals surface area contributed by atoms with Crippen molar-refractivity contribution in [2.24, 2.45) is 0 Å². The minimum absolute atomic E-state index is 0.137. The van der Waals surface area contributed by atoms with E-state index in [0.717, 1.165) is 37.9 Å². The lowest BCUT2D eigenvalue weighted by Crippen LogP contribution is -2.38. The lowest BCUT2D eigenvalue weighted by Gasteiger charge is -2.25. The molecule has 0 aromatic heterocycles. The molecule has 60 valence electrons. The highest BCUT2D eigenvalue weighted by molar-refractivity contribution is 5.95. The van der Waals surface area contributed by atoms with Crippen molar-refractivity contribution in [2.45, 2.75) is 19.3 Å². The van der Waals surface area contributed by atoms with Gasteiger partial charge in [-0.3, -0.25) is 4.79 Å². The maximum absolute atomic E-state index is 11.2. The fraction of sp³-hybridized carbons (Fsp3) is 0.625. The zero-order valence-electron chi connectivity index (χ0n) is 6.44. The number of hydrogen-bond donors (Lipinski definition) is 2. The summed E-state index contributed by atoms with van der Waals surface area (Å²) in [7, 11) is 0. The number of hydrogen-bond acceptors (Lipinski definition) is 2. The summed E-state index contributed by atoms with van der Waals surface area (Å²) in [5, 5.41) is 6.11. The van der Waals surface area contributed by atoms with Crippen LogP contribution in [0.1, 0.15) is 19.3 Å². The number of amides is 1. The molecule has 0 aliphatic carbocycles. The molecule has 0 aromatic rings. The first kappa shape index (κ1) is 6.70. The minimum Gasteiger partial charge on any atom is -0.388 e. The molecule has 2 heterocycles. The van der Waals surface area contributed by atoms with Gasteiger partial charge in [0.15, 0.2) is 0 Å². The zero-order chi connectivity index (χ0) is 7.68. The molecule has 0 radical (unpaired) electrons. The van der Waals surface area contributed by atoms with E-state index >= 15 is 0 Å². The van der Waals surface area contributed by atoms with Gasteiger partial charge in [-0.15, -0.1) is 0 Å². The highest BCUT2D eigenvalue weighted by Crippen LogP contribution is 2.19. The van der Waals surface area contributed by atoms with E-state index in [-0.39, 0.29) is 5.91 Å². The third kappa shape index (κ3) is 1.11. The van der Waals surface area contributed by atoms with Crippen molar-refractivity contribution in [3.8, 4) is 0 Å². The van der Waals surface area contributed by atoms with Gasteiger partial charge in [-0.1, -0.05) is 0 Å². The van der Waals surface area contributed by atoms with E-state index < -0.39 is 0 Å². The Morgan fingerprint density at radius 2 is 2.00 bits per heavy atom. The Morgan fingerprint density at radius 3 is 2.82 bits per heavy atom. The van der Waals surface area contributed by atoms with Crippen molar-refractivity contribution in [1.29, 1.82) is 0 Å². The van der Waals surface area contributed by atoms with E-state index in [4.69, 9.17) is 0 Å². The molecular weight excluding hydrogens is 140 g/mol. The van der Waals surface area contributed by atoms with E-state index in [1.807, 2.05) is 0 Å². The summed E-state index contributed by atoms with van der Waals surface area (Å²) in [4.78, 5) is 11.2. The SMILES string of the molecule is O=C1NCCC2=C1CCCN2. The molecule has 1 amide bonds. The predicted molar refractivity (Wildman–Crippen MR) is 41.9 cm³/mol. The summed E-state index contributed by atoms with van der Waals surface area (Å²) >= 11 is 0. The molecule has 0 atom stereocenters. The Bertz CT molecular complexity index is 216. The summed E-state index contributed by atoms with van der Waals surface area (Å²) in [6.45, 7) is 1.83. The van der Waals surface area contributed by atoms with Crippen LogP contribution in [-0.2, 0) is 4.79 Å². The van der Waals surface area contributed by atoms with Crippen molar-refractivity contribution in [2.75, 3.05) is 13.1 Å². The van der Waals surface area contributed by atoms with E-state index in [0.29, 0.717) is 0 Å². The van der Waals surface area contributed by atoms with Gasteiger partial charge in [-0.05, 0) is 12.8 Å². The van der Waals surface area contributed by atoms with Crippen LogP contribution in [-0.4, -0.2) is 19.0 Å². The first-order chi connectivity index (χ1) is 5.38. The van der Waals surface area contributed by atoms with Crippen LogP contribution in [0.2, 0.25) is 0 Å².